The number of halogens is 2. The van der Waals surface area contributed by atoms with E-state index in [2.05, 4.69) is 26.2 Å². The predicted molar refractivity (Wildman–Crippen MR) is 108 cm³/mol. The number of carbonyl (C=O) groups is 1. The molecule has 2 heterocycles. The van der Waals surface area contributed by atoms with Crippen molar-refractivity contribution in [2.24, 2.45) is 0 Å². The van der Waals surface area contributed by atoms with Crippen molar-refractivity contribution in [1.82, 2.24) is 9.88 Å². The number of hydrogen-bond acceptors (Lipinski definition) is 5. The van der Waals surface area contributed by atoms with Gasteiger partial charge in [-0.2, -0.15) is 0 Å². The van der Waals surface area contributed by atoms with E-state index in [0.717, 1.165) is 6.34 Å². The van der Waals surface area contributed by atoms with Gasteiger partial charge in [0.2, 0.25) is 0 Å². The molecule has 1 aliphatic heterocycles. The van der Waals surface area contributed by atoms with Gasteiger partial charge in [-0.1, -0.05) is 6.07 Å². The molecule has 2 bridgehead atoms. The number of anilines is 1. The minimum atomic E-state index is -0.524. The van der Waals surface area contributed by atoms with Crippen molar-refractivity contribution in [3.05, 3.63) is 51.9 Å². The van der Waals surface area contributed by atoms with Crippen LogP contribution in [0.4, 0.5) is 10.2 Å². The Kier molecular flexibility index (Phi) is 6.03. The van der Waals surface area contributed by atoms with E-state index in [1.165, 1.54) is 17.0 Å². The van der Waals surface area contributed by atoms with Gasteiger partial charge in [0.25, 0.3) is 5.91 Å². The second-order valence-corrected chi connectivity index (χ2v) is 7.20. The van der Waals surface area contributed by atoms with E-state index in [1.807, 2.05) is 6.92 Å². The van der Waals surface area contributed by atoms with Crippen LogP contribution < -0.4 is 10.1 Å². The molecule has 0 spiro atoms. The Bertz CT molecular complexity index is 937. The van der Waals surface area contributed by atoms with Crippen molar-refractivity contribution in [3.63, 3.8) is 0 Å². The molecular formula is C19H19BrFN5O2. The smallest absolute Gasteiger partial charge is 0.260 e. The van der Waals surface area contributed by atoms with E-state index in [0.29, 0.717) is 18.5 Å². The number of benzene rings is 1. The predicted octanol–water partition coefficient (Wildman–Crippen LogP) is 4.03. The summed E-state index contributed by atoms with van der Waals surface area (Å²) in [4.78, 5) is 18.5. The Morgan fingerprint density at radius 2 is 2.21 bits per heavy atom. The molecule has 1 aromatic carbocycles. The molecule has 1 aromatic heterocycles. The van der Waals surface area contributed by atoms with Crippen molar-refractivity contribution in [3.8, 4) is 5.75 Å². The molecule has 28 heavy (non-hydrogen) atoms. The normalized spacial score (nSPS) is 17.8. The molecule has 1 unspecified atom stereocenters. The molecule has 2 aromatic rings. The Morgan fingerprint density at radius 1 is 1.43 bits per heavy atom. The number of ether oxygens (including phenoxy) is 1. The largest absolute Gasteiger partial charge is 0.493 e. The number of amides is 1. The van der Waals surface area contributed by atoms with Crippen LogP contribution in [0.1, 0.15) is 35.8 Å². The van der Waals surface area contributed by atoms with E-state index >= 15 is 0 Å². The second kappa shape index (κ2) is 8.47. The Labute approximate surface area is 170 Å². The van der Waals surface area contributed by atoms with Crippen LogP contribution in [-0.4, -0.2) is 40.6 Å². The van der Waals surface area contributed by atoms with Crippen LogP contribution in [0.2, 0.25) is 0 Å². The lowest BCUT2D eigenvalue weighted by Gasteiger charge is -2.27. The van der Waals surface area contributed by atoms with Crippen molar-refractivity contribution in [2.45, 2.75) is 25.8 Å². The quantitative estimate of drug-likeness (QED) is 0.453. The lowest BCUT2D eigenvalue weighted by Crippen LogP contribution is -2.38. The molecule has 0 saturated heterocycles. The summed E-state index contributed by atoms with van der Waals surface area (Å²) in [5.74, 6) is -0.559. The molecule has 0 aliphatic carbocycles. The molecule has 0 radical (unpaired) electrons. The molecule has 0 fully saturated rings. The lowest BCUT2D eigenvalue weighted by atomic mass is 10.1. The van der Waals surface area contributed by atoms with Gasteiger partial charge in [0.15, 0.2) is 5.84 Å². The zero-order valence-electron chi connectivity index (χ0n) is 15.1. The number of amidine groups is 1. The summed E-state index contributed by atoms with van der Waals surface area (Å²) in [5.41, 5.74) is 0.517. The Hall–Kier alpha value is -2.81. The summed E-state index contributed by atoms with van der Waals surface area (Å²) in [6.45, 7) is 2.18. The fourth-order valence-corrected chi connectivity index (χ4v) is 3.23. The van der Waals surface area contributed by atoms with E-state index in [4.69, 9.17) is 15.6 Å². The van der Waals surface area contributed by atoms with Crippen molar-refractivity contribution >= 4 is 39.8 Å². The summed E-state index contributed by atoms with van der Waals surface area (Å²) >= 11 is 3.10. The summed E-state index contributed by atoms with van der Waals surface area (Å²) in [5, 5.41) is 18.7. The molecule has 1 atom stereocenters. The zero-order valence-corrected chi connectivity index (χ0v) is 16.7. The molecule has 7 nitrogen and oxygen atoms in total. The highest BCUT2D eigenvalue weighted by Crippen LogP contribution is 2.28. The second-order valence-electron chi connectivity index (χ2n) is 6.35. The first kappa shape index (κ1) is 19.9. The molecule has 3 N–H and O–H groups in total. The van der Waals surface area contributed by atoms with Gasteiger partial charge in [-0.15, -0.1) is 0 Å². The average molecular weight is 448 g/mol. The highest BCUT2D eigenvalue weighted by Gasteiger charge is 2.21. The summed E-state index contributed by atoms with van der Waals surface area (Å²) in [6, 6.07) is 7.34. The van der Waals surface area contributed by atoms with Crippen LogP contribution in [0.15, 0.2) is 34.8 Å². The fraction of sp³-hybridized carbons (Fsp3) is 0.263. The lowest BCUT2D eigenvalue weighted by molar-refractivity contribution is 0.102. The van der Waals surface area contributed by atoms with Crippen LogP contribution in [0, 0.1) is 16.6 Å². The van der Waals surface area contributed by atoms with Gasteiger partial charge in [-0.25, -0.2) is 9.37 Å². The maximum Gasteiger partial charge on any atom is 0.260 e. The van der Waals surface area contributed by atoms with E-state index in [-0.39, 0.29) is 40.1 Å². The summed E-state index contributed by atoms with van der Waals surface area (Å²) in [6.07, 6.45) is 2.33. The number of rotatable bonds is 1. The number of pyridine rings is 1. The number of nitrogens with zero attached hydrogens (tertiary/aromatic N) is 2. The Balaban J connectivity index is 2.03. The van der Waals surface area contributed by atoms with Crippen molar-refractivity contribution in [1.29, 1.82) is 10.8 Å². The van der Waals surface area contributed by atoms with Crippen molar-refractivity contribution < 1.29 is 13.9 Å². The number of nitrogens with one attached hydrogen (secondary N) is 3. The van der Waals surface area contributed by atoms with Crippen LogP contribution in [0.25, 0.3) is 0 Å². The van der Waals surface area contributed by atoms with Gasteiger partial charge in [0.05, 0.1) is 23.0 Å². The van der Waals surface area contributed by atoms with Gasteiger partial charge in [0.1, 0.15) is 23.1 Å². The molecule has 0 saturated carbocycles. The SMILES string of the molecule is CC1CCCOc2cc(F)c(Br)cc2C(=O)Nc2cccc(n2)C(=N)N1C=N. The molecule has 146 valence electrons. The minimum absolute atomic E-state index is 0.0711. The highest BCUT2D eigenvalue weighted by atomic mass is 79.9. The van der Waals surface area contributed by atoms with E-state index < -0.39 is 11.7 Å². The zero-order chi connectivity index (χ0) is 20.3. The van der Waals surface area contributed by atoms with Gasteiger partial charge in [0, 0.05) is 12.1 Å². The first-order chi connectivity index (χ1) is 13.4. The summed E-state index contributed by atoms with van der Waals surface area (Å²) < 4.78 is 19.8. The maximum atomic E-state index is 14.0. The molecule has 1 amide bonds. The maximum absolute atomic E-state index is 14.0. The number of hydrogen-bond donors (Lipinski definition) is 3. The first-order valence-electron chi connectivity index (χ1n) is 8.69. The number of fused-ring (bicyclic) bond motifs is 3. The topological polar surface area (TPSA) is 102 Å². The molecule has 9 heteroatoms. The highest BCUT2D eigenvalue weighted by molar-refractivity contribution is 9.10. The third-order valence-corrected chi connectivity index (χ3v) is 5.00. The van der Waals surface area contributed by atoms with Gasteiger partial charge in [-0.3, -0.25) is 15.6 Å². The van der Waals surface area contributed by atoms with Crippen molar-refractivity contribution in [2.75, 3.05) is 11.9 Å². The molecule has 3 rings (SSSR count). The standard InChI is InChI=1S/C19H19BrFN5O2/c1-11-4-3-7-28-16-9-14(21)13(20)8-12(16)19(27)25-17-6-2-5-15(24-17)18(23)26(11)10-22/h2,5-6,8-11,22-23H,3-4,7H2,1H3,(H,24,25,27). The third kappa shape index (κ3) is 4.19. The first-order valence-corrected chi connectivity index (χ1v) is 9.48. The molecular weight excluding hydrogens is 429 g/mol. The Morgan fingerprint density at radius 3 is 2.96 bits per heavy atom. The summed E-state index contributed by atoms with van der Waals surface area (Å²) in [7, 11) is 0. The van der Waals surface area contributed by atoms with Gasteiger partial charge >= 0.3 is 0 Å². The van der Waals surface area contributed by atoms with Crippen LogP contribution in [0.5, 0.6) is 5.75 Å². The van der Waals surface area contributed by atoms with Crippen LogP contribution in [0.3, 0.4) is 0 Å². The number of aromatic nitrogens is 1. The van der Waals surface area contributed by atoms with Crippen LogP contribution >= 0.6 is 15.9 Å². The molecule has 1 aliphatic rings. The third-order valence-electron chi connectivity index (χ3n) is 4.40. The number of carbonyl (C=O) groups excluding carboxylic acids is 1. The van der Waals surface area contributed by atoms with E-state index in [9.17, 15) is 9.18 Å². The fourth-order valence-electron chi connectivity index (χ4n) is 2.89. The van der Waals surface area contributed by atoms with Gasteiger partial charge < -0.3 is 15.0 Å². The van der Waals surface area contributed by atoms with Crippen LogP contribution in [-0.2, 0) is 0 Å². The average Bonchev–Trinajstić information content (AvgIpc) is 2.67. The monoisotopic (exact) mass is 447 g/mol. The van der Waals surface area contributed by atoms with Gasteiger partial charge in [-0.05, 0) is 53.9 Å². The van der Waals surface area contributed by atoms with E-state index in [1.54, 1.807) is 18.2 Å². The minimum Gasteiger partial charge on any atom is -0.493 e.